The zero-order valence-electron chi connectivity index (χ0n) is 10.4. The Bertz CT molecular complexity index is 439. The van der Waals surface area contributed by atoms with Gasteiger partial charge in [-0.1, -0.05) is 0 Å². The van der Waals surface area contributed by atoms with E-state index >= 15 is 0 Å². The average molecular weight is 241 g/mol. The highest BCUT2D eigenvalue weighted by atomic mass is 32.1. The van der Waals surface area contributed by atoms with E-state index in [0.717, 1.165) is 5.69 Å². The molecule has 0 radical (unpaired) electrons. The van der Waals surface area contributed by atoms with Crippen LogP contribution in [-0.4, -0.2) is 21.0 Å². The minimum atomic E-state index is -0.295. The third kappa shape index (κ3) is 3.20. The smallest absolute Gasteiger partial charge is 0.243 e. The summed E-state index contributed by atoms with van der Waals surface area (Å²) in [4.78, 5) is 14.9. The minimum absolute atomic E-state index is 0.0254. The maximum Gasteiger partial charge on any atom is 0.243 e. The van der Waals surface area contributed by atoms with Crippen LogP contribution in [0.5, 0.6) is 0 Å². The number of carbonyl (C=O) groups is 1. The van der Waals surface area contributed by atoms with Gasteiger partial charge in [-0.15, -0.1) is 0 Å². The highest BCUT2D eigenvalue weighted by molar-refractivity contribution is 7.71. The summed E-state index contributed by atoms with van der Waals surface area (Å²) in [5.41, 5.74) is 0.735. The predicted molar refractivity (Wildman–Crippen MR) is 67.0 cm³/mol. The van der Waals surface area contributed by atoms with E-state index in [0.29, 0.717) is 4.77 Å². The Morgan fingerprint density at radius 1 is 1.56 bits per heavy atom. The predicted octanol–water partition coefficient (Wildman–Crippen LogP) is 2.33. The van der Waals surface area contributed by atoms with Gasteiger partial charge >= 0.3 is 0 Å². The van der Waals surface area contributed by atoms with Gasteiger partial charge in [0.15, 0.2) is 4.77 Å². The molecule has 0 aliphatic heterocycles. The minimum Gasteiger partial charge on any atom is -0.350 e. The highest BCUT2D eigenvalue weighted by Gasteiger charge is 2.20. The summed E-state index contributed by atoms with van der Waals surface area (Å²) in [6.45, 7) is 9.63. The van der Waals surface area contributed by atoms with Gasteiger partial charge in [0.2, 0.25) is 5.91 Å². The van der Waals surface area contributed by atoms with E-state index in [1.807, 2.05) is 40.8 Å². The van der Waals surface area contributed by atoms with Crippen molar-refractivity contribution in [2.75, 3.05) is 0 Å². The van der Waals surface area contributed by atoms with Crippen molar-refractivity contribution < 1.29 is 4.79 Å². The van der Waals surface area contributed by atoms with Crippen molar-refractivity contribution in [1.29, 1.82) is 0 Å². The van der Waals surface area contributed by atoms with Crippen LogP contribution in [0, 0.1) is 11.7 Å². The Labute approximate surface area is 101 Å². The summed E-state index contributed by atoms with van der Waals surface area (Å²) in [5.74, 6) is -0.0254. The molecule has 0 bridgehead atoms. The van der Waals surface area contributed by atoms with Gasteiger partial charge in [0.25, 0.3) is 0 Å². The van der Waals surface area contributed by atoms with Crippen LogP contribution >= 0.6 is 12.2 Å². The van der Waals surface area contributed by atoms with Crippen LogP contribution in [0.1, 0.15) is 39.4 Å². The van der Waals surface area contributed by atoms with Gasteiger partial charge in [-0.2, -0.15) is 0 Å². The van der Waals surface area contributed by atoms with Crippen LogP contribution in [0.3, 0.4) is 0 Å². The normalized spacial score (nSPS) is 13.6. The number of aromatic nitrogens is 2. The van der Waals surface area contributed by atoms with Gasteiger partial charge < -0.3 is 14.9 Å². The first-order valence-electron chi connectivity index (χ1n) is 5.30. The number of nitrogens with one attached hydrogen (secondary N) is 2. The fourth-order valence-electron chi connectivity index (χ4n) is 1.42. The van der Waals surface area contributed by atoms with E-state index in [1.165, 1.54) is 0 Å². The van der Waals surface area contributed by atoms with Gasteiger partial charge in [-0.3, -0.25) is 4.79 Å². The molecule has 1 rings (SSSR count). The molecule has 16 heavy (non-hydrogen) atoms. The third-order valence-corrected chi connectivity index (χ3v) is 2.48. The molecule has 0 aliphatic rings. The summed E-state index contributed by atoms with van der Waals surface area (Å²) in [6.07, 6.45) is 1.86. The van der Waals surface area contributed by atoms with Gasteiger partial charge in [-0.25, -0.2) is 0 Å². The molecule has 4 nitrogen and oxygen atoms in total. The summed E-state index contributed by atoms with van der Waals surface area (Å²) < 4.78 is 2.35. The van der Waals surface area contributed by atoms with Gasteiger partial charge in [0, 0.05) is 17.4 Å². The Kier molecular flexibility index (Phi) is 3.57. The summed E-state index contributed by atoms with van der Waals surface area (Å²) in [5, 5.41) is 2.93. The molecule has 0 aliphatic carbocycles. The number of amides is 1. The van der Waals surface area contributed by atoms with Crippen molar-refractivity contribution in [1.82, 2.24) is 14.9 Å². The van der Waals surface area contributed by atoms with Crippen molar-refractivity contribution >= 4 is 18.1 Å². The highest BCUT2D eigenvalue weighted by Crippen LogP contribution is 2.10. The van der Waals surface area contributed by atoms with E-state index in [-0.39, 0.29) is 17.5 Å². The lowest BCUT2D eigenvalue weighted by Gasteiger charge is -2.23. The number of carbonyl (C=O) groups excluding carboxylic acids is 1. The molecule has 1 amide bonds. The lowest BCUT2D eigenvalue weighted by atomic mass is 10.1. The lowest BCUT2D eigenvalue weighted by molar-refractivity contribution is -0.125. The van der Waals surface area contributed by atoms with Crippen molar-refractivity contribution in [3.05, 3.63) is 16.7 Å². The summed E-state index contributed by atoms with van der Waals surface area (Å²) in [7, 11) is 0. The third-order valence-electron chi connectivity index (χ3n) is 2.17. The second kappa shape index (κ2) is 4.41. The molecule has 1 atom stereocenters. The van der Waals surface area contributed by atoms with Gasteiger partial charge in [-0.05, 0) is 46.8 Å². The molecule has 0 aromatic carbocycles. The largest absolute Gasteiger partial charge is 0.350 e. The van der Waals surface area contributed by atoms with Crippen LogP contribution in [0.25, 0.3) is 0 Å². The molecular formula is C11H19N3OS. The maximum atomic E-state index is 11.9. The fraction of sp³-hybridized carbons (Fsp3) is 0.636. The zero-order chi connectivity index (χ0) is 12.5. The second-order valence-corrected chi connectivity index (χ2v) is 5.45. The van der Waals surface area contributed by atoms with Crippen LogP contribution in [0.4, 0.5) is 0 Å². The first kappa shape index (κ1) is 13.0. The fourth-order valence-corrected chi connectivity index (χ4v) is 1.79. The van der Waals surface area contributed by atoms with Crippen molar-refractivity contribution in [3.8, 4) is 0 Å². The molecule has 90 valence electrons. The SMILES string of the molecule is Cc1cn(C(C)C(=O)NC(C)(C)C)c(=S)[nH]1. The molecule has 0 fully saturated rings. The standard InChI is InChI=1S/C11H19N3OS/c1-7-6-14(10(16)12-7)8(2)9(15)13-11(3,4)5/h6,8H,1-5H3,(H,12,16)(H,13,15). The quantitative estimate of drug-likeness (QED) is 0.781. The first-order valence-corrected chi connectivity index (χ1v) is 5.71. The van der Waals surface area contributed by atoms with Gasteiger partial charge in [0.1, 0.15) is 6.04 Å². The molecule has 0 saturated heterocycles. The average Bonchev–Trinajstić information content (AvgIpc) is 2.41. The summed E-state index contributed by atoms with van der Waals surface area (Å²) in [6, 6.07) is -0.295. The van der Waals surface area contributed by atoms with E-state index in [2.05, 4.69) is 10.3 Å². The molecule has 0 spiro atoms. The Hall–Kier alpha value is -1.10. The van der Waals surface area contributed by atoms with E-state index < -0.39 is 0 Å². The van der Waals surface area contributed by atoms with Crippen molar-refractivity contribution in [2.24, 2.45) is 0 Å². The number of hydrogen-bond donors (Lipinski definition) is 2. The van der Waals surface area contributed by atoms with Gasteiger partial charge in [0.05, 0.1) is 0 Å². The molecular weight excluding hydrogens is 222 g/mol. The lowest BCUT2D eigenvalue weighted by Crippen LogP contribution is -2.43. The molecule has 2 N–H and O–H groups in total. The first-order chi connectivity index (χ1) is 7.20. The zero-order valence-corrected chi connectivity index (χ0v) is 11.2. The van der Waals surface area contributed by atoms with E-state index in [4.69, 9.17) is 12.2 Å². The van der Waals surface area contributed by atoms with Crippen LogP contribution in [-0.2, 0) is 4.79 Å². The van der Waals surface area contributed by atoms with Crippen LogP contribution in [0.2, 0.25) is 0 Å². The Balaban J connectivity index is 2.87. The second-order valence-electron chi connectivity index (χ2n) is 5.06. The number of aryl methyl sites for hydroxylation is 1. The maximum absolute atomic E-state index is 11.9. The van der Waals surface area contributed by atoms with Crippen molar-refractivity contribution in [3.63, 3.8) is 0 Å². The van der Waals surface area contributed by atoms with Crippen molar-refractivity contribution in [2.45, 2.75) is 46.2 Å². The summed E-state index contributed by atoms with van der Waals surface area (Å²) >= 11 is 5.14. The number of nitrogens with zero attached hydrogens (tertiary/aromatic N) is 1. The molecule has 1 aromatic heterocycles. The monoisotopic (exact) mass is 241 g/mol. The number of imidazole rings is 1. The number of hydrogen-bond acceptors (Lipinski definition) is 2. The molecule has 1 aromatic rings. The Morgan fingerprint density at radius 3 is 2.50 bits per heavy atom. The van der Waals surface area contributed by atoms with Crippen LogP contribution < -0.4 is 5.32 Å². The number of H-pyrrole nitrogens is 1. The van der Waals surface area contributed by atoms with Crippen LogP contribution in [0.15, 0.2) is 6.20 Å². The molecule has 1 heterocycles. The Morgan fingerprint density at radius 2 is 2.12 bits per heavy atom. The number of aromatic amines is 1. The van der Waals surface area contributed by atoms with E-state index in [9.17, 15) is 4.79 Å². The molecule has 5 heteroatoms. The molecule has 0 saturated carbocycles. The van der Waals surface area contributed by atoms with E-state index in [1.54, 1.807) is 4.57 Å². The number of rotatable bonds is 2. The molecule has 1 unspecified atom stereocenters. The topological polar surface area (TPSA) is 49.8 Å².